The number of aryl methyl sites for hydroxylation is 1. The molecule has 10 heteroatoms. The van der Waals surface area contributed by atoms with Crippen LogP contribution in [0.5, 0.6) is 11.5 Å². The summed E-state index contributed by atoms with van der Waals surface area (Å²) in [5.41, 5.74) is 6.17. The van der Waals surface area contributed by atoms with E-state index in [4.69, 9.17) is 25.8 Å². The summed E-state index contributed by atoms with van der Waals surface area (Å²) in [4.78, 5) is 14.8. The predicted octanol–water partition coefficient (Wildman–Crippen LogP) is 15.8. The number of carbonyl (C=O) groups is 1. The molecule has 8 nitrogen and oxygen atoms in total. The molecule has 2 heterocycles. The van der Waals surface area contributed by atoms with Gasteiger partial charge in [-0.25, -0.2) is 0 Å². The first-order valence-corrected chi connectivity index (χ1v) is 22.7. The van der Waals surface area contributed by atoms with Gasteiger partial charge in [-0.3, -0.25) is 4.79 Å². The van der Waals surface area contributed by atoms with Crippen LogP contribution in [0, 0.1) is 6.92 Å². The van der Waals surface area contributed by atoms with Gasteiger partial charge < -0.3 is 31.2 Å². The summed E-state index contributed by atoms with van der Waals surface area (Å²) < 4.78 is 40.6. The number of para-hydroxylation sites is 4. The Morgan fingerprint density at radius 1 is 0.476 bits per heavy atom. The van der Waals surface area contributed by atoms with Gasteiger partial charge in [0.05, 0.1) is 5.56 Å². The Balaban J connectivity index is 1.19. The van der Waals surface area contributed by atoms with E-state index in [1.807, 2.05) is 189 Å². The standard InChI is InChI=1S/C53H37NO7P2/c1-34-26-28-35(29-27-34)33-54-53(55)44-32-37-15-3-5-17-39(37)51(52(44)61-63-58-47-24-12-8-20-42(47)43-21-9-13-25-48(43)59-63)50-38-16-4-2-14-36(38)30-31-49(50)60-62-56-45-22-10-6-18-40(45)41-19-7-11-23-46(41)57-62/h2-32H,33H2,1H3,(H,54,55). The summed E-state index contributed by atoms with van der Waals surface area (Å²) >= 11 is 0. The molecule has 1 amide bonds. The molecule has 0 radical (unpaired) electrons. The van der Waals surface area contributed by atoms with Crippen LogP contribution in [0.2, 0.25) is 0 Å². The van der Waals surface area contributed by atoms with Crippen LogP contribution in [0.4, 0.5) is 0 Å². The van der Waals surface area contributed by atoms with E-state index in [0.717, 1.165) is 54.2 Å². The number of fused-ring (bicyclic) bond motifs is 8. The number of hydrogen-bond acceptors (Lipinski definition) is 7. The molecule has 0 aliphatic rings. The van der Waals surface area contributed by atoms with Crippen molar-refractivity contribution >= 4 is 87.8 Å². The predicted molar refractivity (Wildman–Crippen MR) is 254 cm³/mol. The van der Waals surface area contributed by atoms with Crippen molar-refractivity contribution in [1.29, 1.82) is 0 Å². The van der Waals surface area contributed by atoms with Crippen LogP contribution in [0.3, 0.4) is 0 Å². The summed E-state index contributed by atoms with van der Waals surface area (Å²) in [7, 11) is -4.26. The van der Waals surface area contributed by atoms with Crippen molar-refractivity contribution in [3.05, 3.63) is 205 Å². The van der Waals surface area contributed by atoms with Crippen molar-refractivity contribution in [2.45, 2.75) is 13.5 Å². The molecule has 11 rings (SSSR count). The third kappa shape index (κ3) is 7.36. The second kappa shape index (κ2) is 16.3. The highest BCUT2D eigenvalue weighted by Gasteiger charge is 2.28. The molecule has 9 aromatic carbocycles. The van der Waals surface area contributed by atoms with Gasteiger partial charge >= 0.3 is 16.5 Å². The molecular formula is C53H37NO7P2. The fourth-order valence-electron chi connectivity index (χ4n) is 8.07. The molecule has 306 valence electrons. The summed E-state index contributed by atoms with van der Waals surface area (Å²) in [5, 5.41) is 10.2. The van der Waals surface area contributed by atoms with Gasteiger partial charge in [-0.1, -0.05) is 157 Å². The average Bonchev–Trinajstić information content (AvgIpc) is 3.58. The fourth-order valence-corrected chi connectivity index (χ4v) is 10.2. The molecule has 0 aliphatic heterocycles. The highest BCUT2D eigenvalue weighted by Crippen LogP contribution is 2.52. The zero-order valence-corrected chi connectivity index (χ0v) is 35.6. The van der Waals surface area contributed by atoms with Gasteiger partial charge in [0.2, 0.25) is 0 Å². The van der Waals surface area contributed by atoms with E-state index >= 15 is 0 Å². The number of benzene rings is 9. The van der Waals surface area contributed by atoms with Crippen LogP contribution in [0.25, 0.3) is 76.5 Å². The van der Waals surface area contributed by atoms with Gasteiger partial charge in [0.25, 0.3) is 5.91 Å². The topological polar surface area (TPSA) is 100 Å². The van der Waals surface area contributed by atoms with Crippen molar-refractivity contribution in [3.8, 4) is 22.6 Å². The van der Waals surface area contributed by atoms with Gasteiger partial charge in [-0.05, 0) is 70.4 Å². The van der Waals surface area contributed by atoms with Crippen LogP contribution in [0.1, 0.15) is 21.5 Å². The Labute approximate surface area is 363 Å². The van der Waals surface area contributed by atoms with Crippen molar-refractivity contribution < 1.29 is 30.6 Å². The number of amides is 1. The van der Waals surface area contributed by atoms with E-state index in [9.17, 15) is 4.79 Å². The molecule has 0 atom stereocenters. The molecule has 0 spiro atoms. The maximum Gasteiger partial charge on any atom is 0.453 e. The van der Waals surface area contributed by atoms with Gasteiger partial charge in [0.1, 0.15) is 28.1 Å². The quantitative estimate of drug-likeness (QED) is 0.162. The minimum Gasteiger partial charge on any atom is -0.390 e. The van der Waals surface area contributed by atoms with Crippen LogP contribution < -0.4 is 14.4 Å². The summed E-state index contributed by atoms with van der Waals surface area (Å²) in [6.07, 6.45) is 0. The Morgan fingerprint density at radius 2 is 0.921 bits per heavy atom. The van der Waals surface area contributed by atoms with Gasteiger partial charge in [-0.2, -0.15) is 0 Å². The first kappa shape index (κ1) is 38.3. The fraction of sp³-hybridized carbons (Fsp3) is 0.0377. The summed E-state index contributed by atoms with van der Waals surface area (Å²) in [6, 6.07) is 61.2. The Hall–Kier alpha value is -7.63. The van der Waals surface area contributed by atoms with Gasteiger partial charge in [-0.15, -0.1) is 0 Å². The molecule has 0 aliphatic carbocycles. The Bertz CT molecular complexity index is 3520. The van der Waals surface area contributed by atoms with Crippen molar-refractivity contribution in [2.75, 3.05) is 0 Å². The van der Waals surface area contributed by atoms with Gasteiger partial charge in [0, 0.05) is 39.2 Å². The molecule has 0 unspecified atom stereocenters. The lowest BCUT2D eigenvalue weighted by atomic mass is 9.90. The average molecular weight is 862 g/mol. The first-order chi connectivity index (χ1) is 31.0. The number of carbonyl (C=O) groups excluding carboxylic acids is 1. The second-order valence-electron chi connectivity index (χ2n) is 15.2. The largest absolute Gasteiger partial charge is 0.453 e. The van der Waals surface area contributed by atoms with Crippen molar-refractivity contribution in [2.24, 2.45) is 0 Å². The molecule has 63 heavy (non-hydrogen) atoms. The first-order valence-electron chi connectivity index (χ1n) is 20.5. The lowest BCUT2D eigenvalue weighted by Gasteiger charge is -2.20. The van der Waals surface area contributed by atoms with E-state index in [0.29, 0.717) is 51.3 Å². The lowest BCUT2D eigenvalue weighted by Crippen LogP contribution is -2.23. The molecule has 1 N–H and O–H groups in total. The molecular weight excluding hydrogens is 825 g/mol. The summed E-state index contributed by atoms with van der Waals surface area (Å²) in [5.74, 6) is 0.402. The van der Waals surface area contributed by atoms with Crippen LogP contribution >= 0.6 is 16.5 Å². The highest BCUT2D eigenvalue weighted by atomic mass is 31.1. The van der Waals surface area contributed by atoms with Crippen LogP contribution in [-0.2, 0) is 6.54 Å². The third-order valence-electron chi connectivity index (χ3n) is 11.1. The minimum absolute atomic E-state index is 0.269. The Morgan fingerprint density at radius 3 is 1.46 bits per heavy atom. The minimum atomic E-state index is -2.20. The normalized spacial score (nSPS) is 11.4. The van der Waals surface area contributed by atoms with E-state index in [1.54, 1.807) is 0 Å². The zero-order valence-electron chi connectivity index (χ0n) is 33.9. The Kier molecular flexibility index (Phi) is 9.93. The van der Waals surface area contributed by atoms with Crippen molar-refractivity contribution in [1.82, 2.24) is 5.32 Å². The molecule has 0 saturated carbocycles. The van der Waals surface area contributed by atoms with Crippen LogP contribution in [-0.4, -0.2) is 5.91 Å². The molecule has 0 bridgehead atoms. The summed E-state index contributed by atoms with van der Waals surface area (Å²) in [6.45, 7) is 2.34. The number of nitrogens with one attached hydrogen (secondary N) is 1. The maximum absolute atomic E-state index is 14.8. The van der Waals surface area contributed by atoms with Gasteiger partial charge in [0.15, 0.2) is 5.75 Å². The van der Waals surface area contributed by atoms with E-state index in [2.05, 4.69) is 11.4 Å². The SMILES string of the molecule is Cc1ccc(CNC(=O)c2cc3ccccc3c(-c3c(Op4oc5ccccc5c5ccccc5o4)ccc4ccccc34)c2Op2oc3ccccc3c3ccccc3o2)cc1. The maximum atomic E-state index is 14.8. The van der Waals surface area contributed by atoms with E-state index in [1.165, 1.54) is 0 Å². The monoisotopic (exact) mass is 861 g/mol. The van der Waals surface area contributed by atoms with E-state index in [-0.39, 0.29) is 11.7 Å². The molecule has 2 aromatic heterocycles. The molecule has 0 saturated heterocycles. The third-order valence-corrected chi connectivity index (χ3v) is 13.2. The van der Waals surface area contributed by atoms with Crippen LogP contribution in [0.15, 0.2) is 205 Å². The smallest absolute Gasteiger partial charge is 0.390 e. The highest BCUT2D eigenvalue weighted by molar-refractivity contribution is 7.32. The van der Waals surface area contributed by atoms with E-state index < -0.39 is 16.5 Å². The molecule has 0 fully saturated rings. The molecule has 11 aromatic rings. The second-order valence-corrected chi connectivity index (χ2v) is 17.1. The zero-order chi connectivity index (χ0) is 42.3. The number of rotatable bonds is 8. The number of hydrogen-bond donors (Lipinski definition) is 1. The van der Waals surface area contributed by atoms with Crippen molar-refractivity contribution in [3.63, 3.8) is 0 Å². The lowest BCUT2D eigenvalue weighted by molar-refractivity contribution is 0.0949.